The molecule has 16 N–H and O–H groups in total. The number of nitrogens with two attached hydrogens (primary N) is 4. The second-order valence-electron chi connectivity index (χ2n) is 22.5. The molecule has 0 aliphatic carbocycles. The average molecular weight is 1190 g/mol. The van der Waals surface area contributed by atoms with E-state index in [4.69, 9.17) is 22.9 Å². The topological polar surface area (TPSA) is 447 Å². The molecular weight excluding hydrogens is 1100 g/mol. The molecule has 0 saturated carbocycles. The number of nitrogens with one attached hydrogen (secondary N) is 8. The van der Waals surface area contributed by atoms with Crippen LogP contribution >= 0.6 is 0 Å². The predicted octanol–water partition coefficient (Wildman–Crippen LogP) is -3.46. The number of imidazole rings is 2. The maximum absolute atomic E-state index is 14.8. The first-order chi connectivity index (χ1) is 40.6. The predicted molar refractivity (Wildman–Crippen MR) is 308 cm³/mol. The molecule has 4 saturated heterocycles. The van der Waals surface area contributed by atoms with Crippen LogP contribution in [0.2, 0.25) is 0 Å². The van der Waals surface area contributed by atoms with Gasteiger partial charge in [-0.3, -0.25) is 57.7 Å². The number of rotatable bonds is 30. The van der Waals surface area contributed by atoms with E-state index in [0.717, 1.165) is 0 Å². The Balaban J connectivity index is 1.13. The molecule has 0 bridgehead atoms. The fraction of sp³-hybridized carbons (Fsp3) is 0.673. The van der Waals surface area contributed by atoms with Crippen molar-refractivity contribution in [2.45, 2.75) is 191 Å². The molecule has 2 aromatic heterocycles. The highest BCUT2D eigenvalue weighted by molar-refractivity contribution is 5.99. The molecule has 6 heterocycles. The Kier molecular flexibility index (Phi) is 24.6. The maximum Gasteiger partial charge on any atom is 0.246 e. The Morgan fingerprint density at radius 3 is 1.62 bits per heavy atom. The van der Waals surface area contributed by atoms with E-state index in [1.54, 1.807) is 16.7 Å². The highest BCUT2D eigenvalue weighted by atomic mass is 16.2. The molecule has 2 aromatic rings. The zero-order chi connectivity index (χ0) is 61.9. The quantitative estimate of drug-likeness (QED) is 0.0206. The number of carbonyl (C=O) groups excluding carboxylic acids is 11. The Morgan fingerprint density at radius 1 is 0.588 bits per heavy atom. The van der Waals surface area contributed by atoms with Gasteiger partial charge in [-0.05, 0) is 103 Å². The zero-order valence-corrected chi connectivity index (χ0v) is 49.1. The molecular formula is C55H87N19O11. The number of hydrogen-bond acceptors (Lipinski definition) is 15. The van der Waals surface area contributed by atoms with Gasteiger partial charge in [-0.2, -0.15) is 0 Å². The summed E-state index contributed by atoms with van der Waals surface area (Å²) in [7, 11) is 0. The van der Waals surface area contributed by atoms with Crippen LogP contribution in [0.5, 0.6) is 0 Å². The second kappa shape index (κ2) is 31.6. The van der Waals surface area contributed by atoms with Gasteiger partial charge in [0.2, 0.25) is 65.0 Å². The first-order valence-corrected chi connectivity index (χ1v) is 29.6. The van der Waals surface area contributed by atoms with Gasteiger partial charge in [-0.1, -0.05) is 20.3 Å². The van der Waals surface area contributed by atoms with Gasteiger partial charge in [-0.25, -0.2) is 9.97 Å². The minimum atomic E-state index is -1.35. The largest absolute Gasteiger partial charge is 0.370 e. The van der Waals surface area contributed by atoms with E-state index in [2.05, 4.69) is 56.8 Å². The summed E-state index contributed by atoms with van der Waals surface area (Å²) in [6, 6.07) is -10.9. The summed E-state index contributed by atoms with van der Waals surface area (Å²) < 4.78 is 0. The number of hydrogen-bond donors (Lipinski definition) is 12. The SMILES string of the molecule is CCC(C)C(NC(=O)C(CCCN=C(N)N)NC(=O)C(C)NC(=O)C(Cc1cnc[nH]1)NC(=O)C1CCCN1C(=O)C(Cc1cnc[nH]1)NC(=O)C1CCCN1C(=O)C1CCCN1C(=O)C1CCCN1C(C)=O)C(=O)NC(CCCCN)C(N)=O. The van der Waals surface area contributed by atoms with Gasteiger partial charge in [0, 0.05) is 76.3 Å². The fourth-order valence-corrected chi connectivity index (χ4v) is 11.5. The van der Waals surface area contributed by atoms with Crippen LogP contribution in [-0.4, -0.2) is 210 Å². The molecule has 11 amide bonds. The van der Waals surface area contributed by atoms with Crippen molar-refractivity contribution in [1.29, 1.82) is 0 Å². The Hall–Kier alpha value is -8.18. The summed E-state index contributed by atoms with van der Waals surface area (Å²) in [6.07, 6.45) is 11.1. The first-order valence-electron chi connectivity index (χ1n) is 29.6. The number of nitrogens with zero attached hydrogens (tertiary/aromatic N) is 7. The molecule has 11 unspecified atom stereocenters. The number of primary amides is 1. The van der Waals surface area contributed by atoms with E-state index in [9.17, 15) is 52.7 Å². The number of carbonyl (C=O) groups is 11. The minimum absolute atomic E-state index is 0.0141. The van der Waals surface area contributed by atoms with Crippen LogP contribution in [0.15, 0.2) is 30.0 Å². The Bertz CT molecular complexity index is 2690. The summed E-state index contributed by atoms with van der Waals surface area (Å²) in [6.45, 7) is 7.98. The van der Waals surface area contributed by atoms with E-state index in [1.807, 2.05) is 6.92 Å². The molecule has 0 aromatic carbocycles. The molecule has 85 heavy (non-hydrogen) atoms. The van der Waals surface area contributed by atoms with E-state index in [0.29, 0.717) is 95.2 Å². The maximum atomic E-state index is 14.8. The normalized spacial score (nSPS) is 20.9. The lowest BCUT2D eigenvalue weighted by Crippen LogP contribution is -2.60. The molecule has 30 heteroatoms. The molecule has 4 fully saturated rings. The highest BCUT2D eigenvalue weighted by Crippen LogP contribution is 2.29. The van der Waals surface area contributed by atoms with Gasteiger partial charge in [0.25, 0.3) is 0 Å². The van der Waals surface area contributed by atoms with Crippen molar-refractivity contribution in [2.75, 3.05) is 39.3 Å². The Labute approximate surface area is 494 Å². The number of aromatic amines is 2. The molecule has 0 radical (unpaired) electrons. The number of H-pyrrole nitrogens is 2. The minimum Gasteiger partial charge on any atom is -0.370 e. The number of guanidine groups is 1. The smallest absolute Gasteiger partial charge is 0.246 e. The van der Waals surface area contributed by atoms with Gasteiger partial charge in [-0.15, -0.1) is 0 Å². The second-order valence-corrected chi connectivity index (χ2v) is 22.5. The molecule has 0 spiro atoms. The van der Waals surface area contributed by atoms with Crippen LogP contribution in [0, 0.1) is 5.92 Å². The van der Waals surface area contributed by atoms with Crippen molar-refractivity contribution in [3.8, 4) is 0 Å². The van der Waals surface area contributed by atoms with E-state index >= 15 is 0 Å². The van der Waals surface area contributed by atoms with Crippen LogP contribution in [0.4, 0.5) is 0 Å². The summed E-state index contributed by atoms with van der Waals surface area (Å²) in [5, 5.41) is 16.3. The van der Waals surface area contributed by atoms with Crippen LogP contribution < -0.4 is 54.8 Å². The summed E-state index contributed by atoms with van der Waals surface area (Å²) in [4.78, 5) is 176. The average Bonchev–Trinajstić information content (AvgIpc) is 4.04. The number of amides is 11. The van der Waals surface area contributed by atoms with Gasteiger partial charge in [0.15, 0.2) is 5.96 Å². The Morgan fingerprint density at radius 2 is 1.08 bits per heavy atom. The summed E-state index contributed by atoms with van der Waals surface area (Å²) in [5.74, 6) is -7.16. The number of aromatic nitrogens is 4. The van der Waals surface area contributed by atoms with Crippen LogP contribution in [0.25, 0.3) is 0 Å². The number of likely N-dealkylation sites (tertiary alicyclic amines) is 4. The molecule has 4 aliphatic rings. The van der Waals surface area contributed by atoms with Crippen molar-refractivity contribution in [3.63, 3.8) is 0 Å². The molecule has 6 rings (SSSR count). The van der Waals surface area contributed by atoms with Crippen LogP contribution in [-0.2, 0) is 65.6 Å². The third-order valence-electron chi connectivity index (χ3n) is 16.4. The number of unbranched alkanes of at least 4 members (excludes halogenated alkanes) is 1. The molecule has 30 nitrogen and oxygen atoms in total. The lowest BCUT2D eigenvalue weighted by atomic mass is 9.96. The van der Waals surface area contributed by atoms with Gasteiger partial charge in [0.05, 0.1) is 12.7 Å². The summed E-state index contributed by atoms with van der Waals surface area (Å²) >= 11 is 0. The van der Waals surface area contributed by atoms with Crippen LogP contribution in [0.1, 0.15) is 129 Å². The van der Waals surface area contributed by atoms with Gasteiger partial charge in [0.1, 0.15) is 60.4 Å². The molecule has 4 aliphatic heterocycles. The standard InChI is InChI=1S/C55H87N19O11/c1-5-31(2)44(51(82)66-36(45(57)76)13-6-7-19-56)70-47(78)37(14-8-20-62-55(58)59)67-46(77)32(3)65-48(79)38(25-34-27-60-29-63-34)68-49(80)40-15-9-22-72(40)52(83)39(26-35-28-61-30-64-35)69-50(81)41-16-10-23-73(41)54(85)43-18-12-24-74(43)53(84)42-17-11-21-71(42)33(4)75/h27-32,36-44H,5-26,56H2,1-4H3,(H2,57,76)(H,60,63)(H,61,64)(H,65,79)(H,66,82)(H,67,77)(H,68,80)(H,69,81)(H,70,78)(H4,58,59,62). The lowest BCUT2D eigenvalue weighted by Gasteiger charge is -2.34. The monoisotopic (exact) mass is 1190 g/mol. The zero-order valence-electron chi connectivity index (χ0n) is 49.1. The van der Waals surface area contributed by atoms with E-state index < -0.39 is 114 Å². The van der Waals surface area contributed by atoms with Crippen molar-refractivity contribution in [2.24, 2.45) is 33.8 Å². The lowest BCUT2D eigenvalue weighted by molar-refractivity contribution is -0.150. The van der Waals surface area contributed by atoms with E-state index in [1.165, 1.54) is 48.7 Å². The van der Waals surface area contributed by atoms with E-state index in [-0.39, 0.29) is 81.8 Å². The van der Waals surface area contributed by atoms with Gasteiger partial charge >= 0.3 is 0 Å². The fourth-order valence-electron chi connectivity index (χ4n) is 11.5. The van der Waals surface area contributed by atoms with Crippen LogP contribution in [0.3, 0.4) is 0 Å². The van der Waals surface area contributed by atoms with Crippen molar-refractivity contribution < 1.29 is 52.7 Å². The van der Waals surface area contributed by atoms with Gasteiger partial charge < -0.3 is 84.4 Å². The van der Waals surface area contributed by atoms with Crippen molar-refractivity contribution in [3.05, 3.63) is 36.4 Å². The summed E-state index contributed by atoms with van der Waals surface area (Å²) in [5.41, 5.74) is 23.2. The molecule has 11 atom stereocenters. The number of aliphatic imine (C=N–C) groups is 1. The third kappa shape index (κ3) is 17.9. The molecule has 468 valence electrons. The third-order valence-corrected chi connectivity index (χ3v) is 16.4. The van der Waals surface area contributed by atoms with Crippen molar-refractivity contribution >= 4 is 70.9 Å². The first kappa shape index (κ1) is 66.0. The van der Waals surface area contributed by atoms with Crippen molar-refractivity contribution in [1.82, 2.24) is 71.4 Å². The highest BCUT2D eigenvalue weighted by Gasteiger charge is 2.47.